The molecule has 0 spiro atoms. The molecule has 0 aliphatic rings. The minimum atomic E-state index is 0.337. The Balaban J connectivity index is 2.24. The van der Waals surface area contributed by atoms with Crippen LogP contribution in [0.15, 0.2) is 36.7 Å². The Labute approximate surface area is 76.0 Å². The molecule has 0 aliphatic heterocycles. The lowest BCUT2D eigenvalue weighted by atomic mass is 10.1. The SMILES string of the molecule is Oc1ccccc1Cc1cn[nH]c1. The summed E-state index contributed by atoms with van der Waals surface area (Å²) in [6.07, 6.45) is 4.29. The molecule has 0 amide bonds. The third-order valence-corrected chi connectivity index (χ3v) is 1.94. The van der Waals surface area contributed by atoms with Crippen molar-refractivity contribution in [2.45, 2.75) is 6.42 Å². The standard InChI is InChI=1S/C10H10N2O/c13-10-4-2-1-3-9(10)5-8-6-11-12-7-8/h1-4,6-7,13H,5H2,(H,11,12). The molecule has 0 atom stereocenters. The summed E-state index contributed by atoms with van der Waals surface area (Å²) in [5, 5.41) is 16.1. The molecule has 0 unspecified atom stereocenters. The van der Waals surface area contributed by atoms with Crippen molar-refractivity contribution >= 4 is 0 Å². The Bertz CT molecular complexity index is 382. The number of nitrogens with zero attached hydrogens (tertiary/aromatic N) is 1. The smallest absolute Gasteiger partial charge is 0.119 e. The summed E-state index contributed by atoms with van der Waals surface area (Å²) in [4.78, 5) is 0. The fourth-order valence-electron chi connectivity index (χ4n) is 1.25. The number of H-pyrrole nitrogens is 1. The van der Waals surface area contributed by atoms with E-state index in [9.17, 15) is 5.11 Å². The molecule has 0 radical (unpaired) electrons. The van der Waals surface area contributed by atoms with Crippen molar-refractivity contribution in [2.75, 3.05) is 0 Å². The molecule has 0 bridgehead atoms. The van der Waals surface area contributed by atoms with E-state index in [1.165, 1.54) is 0 Å². The molecular weight excluding hydrogens is 164 g/mol. The lowest BCUT2D eigenvalue weighted by Gasteiger charge is -2.00. The van der Waals surface area contributed by atoms with Gasteiger partial charge in [0.25, 0.3) is 0 Å². The largest absolute Gasteiger partial charge is 0.508 e. The van der Waals surface area contributed by atoms with Gasteiger partial charge in [-0.25, -0.2) is 0 Å². The molecule has 2 rings (SSSR count). The van der Waals surface area contributed by atoms with E-state index in [0.717, 1.165) is 11.1 Å². The van der Waals surface area contributed by atoms with E-state index in [4.69, 9.17) is 0 Å². The van der Waals surface area contributed by atoms with Gasteiger partial charge in [-0.2, -0.15) is 5.10 Å². The lowest BCUT2D eigenvalue weighted by molar-refractivity contribution is 0.469. The number of phenolic OH excluding ortho intramolecular Hbond substituents is 1. The van der Waals surface area contributed by atoms with E-state index in [0.29, 0.717) is 12.2 Å². The first kappa shape index (κ1) is 7.86. The van der Waals surface area contributed by atoms with E-state index in [-0.39, 0.29) is 0 Å². The quantitative estimate of drug-likeness (QED) is 0.728. The van der Waals surface area contributed by atoms with E-state index in [2.05, 4.69) is 10.2 Å². The highest BCUT2D eigenvalue weighted by molar-refractivity contribution is 5.35. The summed E-state index contributed by atoms with van der Waals surface area (Å²) in [5.41, 5.74) is 1.99. The first-order chi connectivity index (χ1) is 6.36. The number of rotatable bonds is 2. The summed E-state index contributed by atoms with van der Waals surface area (Å²) < 4.78 is 0. The molecule has 0 saturated heterocycles. The van der Waals surface area contributed by atoms with Crippen LogP contribution >= 0.6 is 0 Å². The highest BCUT2D eigenvalue weighted by atomic mass is 16.3. The number of aromatic hydroxyl groups is 1. The van der Waals surface area contributed by atoms with Crippen LogP contribution in [-0.2, 0) is 6.42 Å². The van der Waals surface area contributed by atoms with Crippen LogP contribution in [0.2, 0.25) is 0 Å². The van der Waals surface area contributed by atoms with Crippen molar-refractivity contribution in [1.82, 2.24) is 10.2 Å². The molecular formula is C10H10N2O. The van der Waals surface area contributed by atoms with Gasteiger partial charge in [0.05, 0.1) is 6.20 Å². The Hall–Kier alpha value is -1.77. The Kier molecular flexibility index (Phi) is 2.00. The van der Waals surface area contributed by atoms with E-state index in [1.54, 1.807) is 12.3 Å². The summed E-state index contributed by atoms with van der Waals surface area (Å²) in [6, 6.07) is 7.32. The van der Waals surface area contributed by atoms with Crippen LogP contribution in [0, 0.1) is 0 Å². The minimum absolute atomic E-state index is 0.337. The zero-order valence-electron chi connectivity index (χ0n) is 7.07. The van der Waals surface area contributed by atoms with Crippen LogP contribution in [0.5, 0.6) is 5.75 Å². The maximum atomic E-state index is 9.48. The predicted molar refractivity (Wildman–Crippen MR) is 49.5 cm³/mol. The number of aromatic nitrogens is 2. The van der Waals surface area contributed by atoms with Crippen LogP contribution < -0.4 is 0 Å². The first-order valence-corrected chi connectivity index (χ1v) is 4.11. The van der Waals surface area contributed by atoms with Crippen molar-refractivity contribution in [3.8, 4) is 5.75 Å². The molecule has 2 aromatic rings. The highest BCUT2D eigenvalue weighted by Gasteiger charge is 2.01. The second-order valence-electron chi connectivity index (χ2n) is 2.91. The number of aromatic amines is 1. The van der Waals surface area contributed by atoms with Crippen LogP contribution in [0.3, 0.4) is 0 Å². The van der Waals surface area contributed by atoms with Gasteiger partial charge in [0.2, 0.25) is 0 Å². The first-order valence-electron chi connectivity index (χ1n) is 4.11. The second-order valence-corrected chi connectivity index (χ2v) is 2.91. The molecule has 3 heteroatoms. The zero-order chi connectivity index (χ0) is 9.10. The normalized spacial score (nSPS) is 10.2. The second kappa shape index (κ2) is 3.31. The average Bonchev–Trinajstić information content (AvgIpc) is 2.61. The molecule has 13 heavy (non-hydrogen) atoms. The van der Waals surface area contributed by atoms with E-state index in [1.807, 2.05) is 24.4 Å². The Morgan fingerprint density at radius 1 is 1.31 bits per heavy atom. The molecule has 1 heterocycles. The van der Waals surface area contributed by atoms with Crippen molar-refractivity contribution in [3.05, 3.63) is 47.8 Å². The number of nitrogens with one attached hydrogen (secondary N) is 1. The summed E-state index contributed by atoms with van der Waals surface area (Å²) in [5.74, 6) is 0.337. The van der Waals surface area contributed by atoms with Gasteiger partial charge in [0.15, 0.2) is 0 Å². The maximum Gasteiger partial charge on any atom is 0.119 e. The van der Waals surface area contributed by atoms with Crippen LogP contribution in [0.1, 0.15) is 11.1 Å². The third kappa shape index (κ3) is 1.69. The fourth-order valence-corrected chi connectivity index (χ4v) is 1.25. The average molecular weight is 174 g/mol. The van der Waals surface area contributed by atoms with Gasteiger partial charge in [0.1, 0.15) is 5.75 Å². The van der Waals surface area contributed by atoms with Crippen molar-refractivity contribution in [2.24, 2.45) is 0 Å². The summed E-state index contributed by atoms with van der Waals surface area (Å²) in [7, 11) is 0. The Morgan fingerprint density at radius 2 is 2.15 bits per heavy atom. The van der Waals surface area contributed by atoms with Gasteiger partial charge in [0, 0.05) is 12.6 Å². The van der Waals surface area contributed by atoms with Crippen LogP contribution in [0.25, 0.3) is 0 Å². The molecule has 2 N–H and O–H groups in total. The molecule has 3 nitrogen and oxygen atoms in total. The van der Waals surface area contributed by atoms with Crippen molar-refractivity contribution in [1.29, 1.82) is 0 Å². The Morgan fingerprint density at radius 3 is 2.85 bits per heavy atom. The third-order valence-electron chi connectivity index (χ3n) is 1.94. The predicted octanol–water partition coefficient (Wildman–Crippen LogP) is 1.71. The summed E-state index contributed by atoms with van der Waals surface area (Å²) in [6.45, 7) is 0. The topological polar surface area (TPSA) is 48.9 Å². The monoisotopic (exact) mass is 174 g/mol. The van der Waals surface area contributed by atoms with E-state index >= 15 is 0 Å². The van der Waals surface area contributed by atoms with Crippen LogP contribution in [0.4, 0.5) is 0 Å². The van der Waals surface area contributed by atoms with Crippen molar-refractivity contribution in [3.63, 3.8) is 0 Å². The van der Waals surface area contributed by atoms with Crippen LogP contribution in [-0.4, -0.2) is 15.3 Å². The molecule has 0 fully saturated rings. The fraction of sp³-hybridized carbons (Fsp3) is 0.100. The molecule has 1 aromatic heterocycles. The van der Waals surface area contributed by atoms with Gasteiger partial charge in [-0.3, -0.25) is 5.10 Å². The maximum absolute atomic E-state index is 9.48. The number of para-hydroxylation sites is 1. The van der Waals surface area contributed by atoms with E-state index < -0.39 is 0 Å². The highest BCUT2D eigenvalue weighted by Crippen LogP contribution is 2.18. The van der Waals surface area contributed by atoms with Gasteiger partial charge >= 0.3 is 0 Å². The van der Waals surface area contributed by atoms with Gasteiger partial charge in [-0.1, -0.05) is 18.2 Å². The minimum Gasteiger partial charge on any atom is -0.508 e. The van der Waals surface area contributed by atoms with Crippen molar-refractivity contribution < 1.29 is 5.11 Å². The van der Waals surface area contributed by atoms with Gasteiger partial charge in [-0.05, 0) is 17.2 Å². The summed E-state index contributed by atoms with van der Waals surface area (Å²) >= 11 is 0. The van der Waals surface area contributed by atoms with Gasteiger partial charge < -0.3 is 5.11 Å². The molecule has 1 aromatic carbocycles. The lowest BCUT2D eigenvalue weighted by Crippen LogP contribution is -1.85. The number of hydrogen-bond acceptors (Lipinski definition) is 2. The molecule has 0 aliphatic carbocycles. The number of hydrogen-bond donors (Lipinski definition) is 2. The van der Waals surface area contributed by atoms with Gasteiger partial charge in [-0.15, -0.1) is 0 Å². The number of benzene rings is 1. The zero-order valence-corrected chi connectivity index (χ0v) is 7.07. The number of phenols is 1. The molecule has 0 saturated carbocycles. The molecule has 66 valence electrons.